The Bertz CT molecular complexity index is 933. The lowest BCUT2D eigenvalue weighted by Gasteiger charge is -2.44. The first-order valence-corrected chi connectivity index (χ1v) is 9.69. The van der Waals surface area contributed by atoms with Crippen LogP contribution in [0.1, 0.15) is 41.7 Å². The van der Waals surface area contributed by atoms with E-state index in [1.165, 1.54) is 6.42 Å². The van der Waals surface area contributed by atoms with Gasteiger partial charge < -0.3 is 9.84 Å². The van der Waals surface area contributed by atoms with E-state index in [0.717, 1.165) is 37.1 Å². The van der Waals surface area contributed by atoms with E-state index in [-0.39, 0.29) is 11.6 Å². The molecule has 146 valence electrons. The number of halogens is 1. The number of aromatic amines is 1. The van der Waals surface area contributed by atoms with E-state index < -0.39 is 11.7 Å². The molecule has 4 rings (SSSR count). The summed E-state index contributed by atoms with van der Waals surface area (Å²) in [5.74, 6) is -1.15. The maximum Gasteiger partial charge on any atom is 0.359 e. The van der Waals surface area contributed by atoms with E-state index in [1.807, 2.05) is 36.4 Å². The lowest BCUT2D eigenvalue weighted by Crippen LogP contribution is -2.54. The van der Waals surface area contributed by atoms with Gasteiger partial charge in [-0.2, -0.15) is 0 Å². The minimum Gasteiger partial charge on any atom is -0.476 e. The molecular formula is C20H21ClN4O3. The van der Waals surface area contributed by atoms with Crippen molar-refractivity contribution >= 4 is 23.1 Å². The monoisotopic (exact) mass is 400 g/mol. The van der Waals surface area contributed by atoms with Gasteiger partial charge in [-0.1, -0.05) is 58.7 Å². The fourth-order valence-electron chi connectivity index (χ4n) is 3.75. The molecule has 0 spiro atoms. The number of hydrogen-bond donors (Lipinski definition) is 2. The number of ether oxygens (including phenoxy) is 1. The lowest BCUT2D eigenvalue weighted by molar-refractivity contribution is -0.0568. The molecule has 0 amide bonds. The molecule has 8 heteroatoms. The fourth-order valence-corrected chi connectivity index (χ4v) is 4.00. The summed E-state index contributed by atoms with van der Waals surface area (Å²) in [6, 6.07) is 7.70. The van der Waals surface area contributed by atoms with Crippen LogP contribution in [0, 0.1) is 0 Å². The van der Waals surface area contributed by atoms with Crippen molar-refractivity contribution in [2.24, 2.45) is 0 Å². The van der Waals surface area contributed by atoms with E-state index in [2.05, 4.69) is 26.4 Å². The summed E-state index contributed by atoms with van der Waals surface area (Å²) in [7, 11) is 0. The van der Waals surface area contributed by atoms with Gasteiger partial charge in [0.15, 0.2) is 5.72 Å². The highest BCUT2D eigenvalue weighted by Gasteiger charge is 2.40. The first-order chi connectivity index (χ1) is 13.6. The third-order valence-electron chi connectivity index (χ3n) is 5.22. The maximum atomic E-state index is 11.4. The first-order valence-electron chi connectivity index (χ1n) is 9.32. The van der Waals surface area contributed by atoms with Gasteiger partial charge in [-0.15, -0.1) is 0 Å². The van der Waals surface area contributed by atoms with Crippen molar-refractivity contribution in [3.05, 3.63) is 58.8 Å². The van der Waals surface area contributed by atoms with Gasteiger partial charge in [-0.3, -0.25) is 4.90 Å². The Balaban J connectivity index is 1.66. The molecule has 1 atom stereocenters. The number of aromatic carboxylic acids is 1. The number of benzene rings is 1. The van der Waals surface area contributed by atoms with E-state index in [0.29, 0.717) is 11.4 Å². The molecule has 1 aromatic heterocycles. The molecular weight excluding hydrogens is 380 g/mol. The Morgan fingerprint density at radius 1 is 1.25 bits per heavy atom. The van der Waals surface area contributed by atoms with E-state index in [1.54, 1.807) is 0 Å². The fraction of sp³-hybridized carbons (Fsp3) is 0.350. The Labute approximate surface area is 167 Å². The van der Waals surface area contributed by atoms with Crippen molar-refractivity contribution in [3.8, 4) is 5.88 Å². The molecule has 1 saturated heterocycles. The standard InChI is InChI=1S/C20H21ClN4O3/c21-16-7-3-2-6-15(16)14-8-10-20(11-9-14,25-12-4-1-5-13-25)28-18-17(19(26)27)22-24-23-18/h2-3,6-10H,1,4-5,11-13H2,(H,26,27)(H,22,23,24). The Kier molecular flexibility index (Phi) is 5.19. The predicted octanol–water partition coefficient (Wildman–Crippen LogP) is 3.76. The number of likely N-dealkylation sites (tertiary alicyclic amines) is 1. The summed E-state index contributed by atoms with van der Waals surface area (Å²) >= 11 is 6.34. The van der Waals surface area contributed by atoms with Crippen LogP contribution in [0.15, 0.2) is 42.5 Å². The van der Waals surface area contributed by atoms with Gasteiger partial charge in [0.05, 0.1) is 0 Å². The maximum absolute atomic E-state index is 11.4. The van der Waals surface area contributed by atoms with Crippen molar-refractivity contribution in [2.75, 3.05) is 13.1 Å². The number of carbonyl (C=O) groups is 1. The third kappa shape index (κ3) is 3.55. The van der Waals surface area contributed by atoms with Gasteiger partial charge in [0.25, 0.3) is 5.88 Å². The molecule has 1 aromatic carbocycles. The first kappa shape index (κ1) is 18.7. The quantitative estimate of drug-likeness (QED) is 0.794. The zero-order valence-corrected chi connectivity index (χ0v) is 16.0. The molecule has 2 heterocycles. The number of H-pyrrole nitrogens is 1. The van der Waals surface area contributed by atoms with Crippen LogP contribution in [0.5, 0.6) is 5.88 Å². The molecule has 28 heavy (non-hydrogen) atoms. The van der Waals surface area contributed by atoms with Crippen molar-refractivity contribution in [2.45, 2.75) is 31.4 Å². The van der Waals surface area contributed by atoms with Crippen LogP contribution in [0.2, 0.25) is 5.02 Å². The van der Waals surface area contributed by atoms with Gasteiger partial charge in [-0.05, 0) is 36.1 Å². The number of rotatable bonds is 5. The summed E-state index contributed by atoms with van der Waals surface area (Å²) < 4.78 is 6.21. The molecule has 2 N–H and O–H groups in total. The van der Waals surface area contributed by atoms with Gasteiger partial charge in [0.2, 0.25) is 5.69 Å². The number of carboxylic acid groups (broad SMARTS) is 1. The zero-order chi connectivity index (χ0) is 19.6. The predicted molar refractivity (Wildman–Crippen MR) is 105 cm³/mol. The summed E-state index contributed by atoms with van der Waals surface area (Å²) in [5.41, 5.74) is 1.03. The number of carboxylic acids is 1. The highest BCUT2D eigenvalue weighted by Crippen LogP contribution is 2.36. The van der Waals surface area contributed by atoms with Crippen LogP contribution in [0.25, 0.3) is 5.57 Å². The average molecular weight is 401 g/mol. The molecule has 7 nitrogen and oxygen atoms in total. The largest absolute Gasteiger partial charge is 0.476 e. The van der Waals surface area contributed by atoms with Gasteiger partial charge in [-0.25, -0.2) is 9.89 Å². The summed E-state index contributed by atoms with van der Waals surface area (Å²) in [6.07, 6.45) is 9.93. The smallest absolute Gasteiger partial charge is 0.359 e. The highest BCUT2D eigenvalue weighted by atomic mass is 35.5. The molecule has 1 aliphatic carbocycles. The topological polar surface area (TPSA) is 91.3 Å². The van der Waals surface area contributed by atoms with Crippen LogP contribution < -0.4 is 4.74 Å². The Morgan fingerprint density at radius 2 is 2.04 bits per heavy atom. The third-order valence-corrected chi connectivity index (χ3v) is 5.55. The second-order valence-corrected chi connectivity index (χ2v) is 7.38. The summed E-state index contributed by atoms with van der Waals surface area (Å²) in [4.78, 5) is 13.7. The molecule has 0 bridgehead atoms. The van der Waals surface area contributed by atoms with Crippen molar-refractivity contribution < 1.29 is 14.6 Å². The number of piperidine rings is 1. The average Bonchev–Trinajstić information content (AvgIpc) is 3.18. The van der Waals surface area contributed by atoms with Gasteiger partial charge >= 0.3 is 5.97 Å². The molecule has 2 aliphatic rings. The number of nitrogens with one attached hydrogen (secondary N) is 1. The highest BCUT2D eigenvalue weighted by molar-refractivity contribution is 6.32. The number of nitrogens with zero attached hydrogens (tertiary/aromatic N) is 3. The SMILES string of the molecule is O=C(O)c1[nH]nnc1OC1(N2CCCCC2)C=CC(c2ccccc2Cl)=CC1. The van der Waals surface area contributed by atoms with E-state index in [4.69, 9.17) is 16.3 Å². The van der Waals surface area contributed by atoms with Crippen LogP contribution in [-0.2, 0) is 0 Å². The minimum absolute atomic E-state index is 0.00248. The van der Waals surface area contributed by atoms with Crippen molar-refractivity contribution in [1.82, 2.24) is 20.3 Å². The van der Waals surface area contributed by atoms with E-state index in [9.17, 15) is 9.90 Å². The van der Waals surface area contributed by atoms with Crippen molar-refractivity contribution in [3.63, 3.8) is 0 Å². The molecule has 0 saturated carbocycles. The zero-order valence-electron chi connectivity index (χ0n) is 15.3. The minimum atomic E-state index is -1.15. The number of aromatic nitrogens is 3. The van der Waals surface area contributed by atoms with Gasteiger partial charge in [0, 0.05) is 24.5 Å². The summed E-state index contributed by atoms with van der Waals surface area (Å²) in [5, 5.41) is 19.9. The number of allylic oxidation sites excluding steroid dienone is 2. The van der Waals surface area contributed by atoms with Crippen LogP contribution in [-0.4, -0.2) is 50.2 Å². The molecule has 2 aromatic rings. The molecule has 0 radical (unpaired) electrons. The van der Waals surface area contributed by atoms with Crippen molar-refractivity contribution in [1.29, 1.82) is 0 Å². The van der Waals surface area contributed by atoms with Crippen LogP contribution in [0.4, 0.5) is 0 Å². The second kappa shape index (κ2) is 7.77. The molecule has 1 aliphatic heterocycles. The Hall–Kier alpha value is -2.64. The normalized spacial score (nSPS) is 22.7. The molecule has 1 unspecified atom stereocenters. The van der Waals surface area contributed by atoms with Crippen LogP contribution in [0.3, 0.4) is 0 Å². The van der Waals surface area contributed by atoms with Crippen LogP contribution >= 0.6 is 11.6 Å². The lowest BCUT2D eigenvalue weighted by atomic mass is 9.92. The molecule has 1 fully saturated rings. The summed E-state index contributed by atoms with van der Waals surface area (Å²) in [6.45, 7) is 1.75. The Morgan fingerprint density at radius 3 is 2.71 bits per heavy atom. The van der Waals surface area contributed by atoms with E-state index >= 15 is 0 Å². The second-order valence-electron chi connectivity index (χ2n) is 6.97. The number of hydrogen-bond acceptors (Lipinski definition) is 5. The van der Waals surface area contributed by atoms with Gasteiger partial charge in [0.1, 0.15) is 0 Å².